The topological polar surface area (TPSA) is 18.5 Å². The molecule has 0 atom stereocenters. The Morgan fingerprint density at radius 1 is 0.762 bits per heavy atom. The lowest BCUT2D eigenvalue weighted by atomic mass is 10.00. The lowest BCUT2D eigenvalue weighted by Crippen LogP contribution is -2.00. The molecule has 3 aromatic carbocycles. The Morgan fingerprint density at radius 2 is 1.38 bits per heavy atom. The van der Waals surface area contributed by atoms with Crippen molar-refractivity contribution in [2.75, 3.05) is 13.2 Å². The van der Waals surface area contributed by atoms with Crippen LogP contribution in [0.15, 0.2) is 46.9 Å². The first kappa shape index (κ1) is 14.2. The summed E-state index contributed by atoms with van der Waals surface area (Å²) in [5, 5.41) is 4.52. The van der Waals surface area contributed by atoms with E-state index in [0.717, 1.165) is 26.7 Å². The molecule has 0 saturated carbocycles. The second-order valence-corrected chi connectivity index (χ2v) is 5.59. The van der Waals surface area contributed by atoms with Crippen LogP contribution in [0.1, 0.15) is 13.8 Å². The van der Waals surface area contributed by atoms with Gasteiger partial charge in [0.05, 0.1) is 13.2 Å². The van der Waals surface area contributed by atoms with Crippen LogP contribution in [0.3, 0.4) is 0 Å². The third-order valence-electron chi connectivity index (χ3n) is 3.49. The molecule has 21 heavy (non-hydrogen) atoms. The van der Waals surface area contributed by atoms with E-state index in [1.165, 1.54) is 10.8 Å². The molecule has 0 N–H and O–H groups in total. The van der Waals surface area contributed by atoms with E-state index in [-0.39, 0.29) is 0 Å². The van der Waals surface area contributed by atoms with Crippen molar-refractivity contribution in [1.29, 1.82) is 0 Å². The van der Waals surface area contributed by atoms with E-state index in [1.807, 2.05) is 26.0 Å². The number of benzene rings is 3. The first-order valence-corrected chi connectivity index (χ1v) is 7.95. The summed E-state index contributed by atoms with van der Waals surface area (Å²) in [5.74, 6) is 1.65. The molecular formula is C18H17BrO2. The Balaban J connectivity index is 2.53. The minimum absolute atomic E-state index is 0.606. The molecule has 108 valence electrons. The summed E-state index contributed by atoms with van der Waals surface area (Å²) in [7, 11) is 0. The standard InChI is InChI=1S/C18H17BrO2/c1-3-20-17-14-9-6-5-8-12(14)13-10-7-11-15(19)16(13)18(17)21-4-2/h5-11H,3-4H2,1-2H3. The molecule has 0 aliphatic carbocycles. The molecule has 0 heterocycles. The van der Waals surface area contributed by atoms with E-state index in [1.54, 1.807) is 0 Å². The molecular weight excluding hydrogens is 328 g/mol. The second kappa shape index (κ2) is 5.94. The van der Waals surface area contributed by atoms with Gasteiger partial charge in [-0.1, -0.05) is 52.3 Å². The van der Waals surface area contributed by atoms with E-state index in [9.17, 15) is 0 Å². The molecule has 3 rings (SSSR count). The molecule has 0 amide bonds. The number of hydrogen-bond donors (Lipinski definition) is 0. The third kappa shape index (κ3) is 2.36. The molecule has 3 heteroatoms. The van der Waals surface area contributed by atoms with Crippen molar-refractivity contribution in [1.82, 2.24) is 0 Å². The summed E-state index contributed by atoms with van der Waals surface area (Å²) in [6, 6.07) is 14.5. The summed E-state index contributed by atoms with van der Waals surface area (Å²) in [4.78, 5) is 0. The fourth-order valence-electron chi connectivity index (χ4n) is 2.70. The zero-order valence-electron chi connectivity index (χ0n) is 12.2. The van der Waals surface area contributed by atoms with Gasteiger partial charge in [0.1, 0.15) is 0 Å². The zero-order valence-corrected chi connectivity index (χ0v) is 13.7. The first-order chi connectivity index (χ1) is 10.3. The van der Waals surface area contributed by atoms with Crippen LogP contribution >= 0.6 is 15.9 Å². The highest BCUT2D eigenvalue weighted by atomic mass is 79.9. The van der Waals surface area contributed by atoms with Gasteiger partial charge in [0.15, 0.2) is 11.5 Å². The van der Waals surface area contributed by atoms with Crippen molar-refractivity contribution in [3.63, 3.8) is 0 Å². The Morgan fingerprint density at radius 3 is 2.10 bits per heavy atom. The Kier molecular flexibility index (Phi) is 4.02. The predicted octanol–water partition coefficient (Wildman–Crippen LogP) is 5.55. The van der Waals surface area contributed by atoms with Crippen molar-refractivity contribution >= 4 is 37.5 Å². The summed E-state index contributed by atoms with van der Waals surface area (Å²) in [6.45, 7) is 5.21. The largest absolute Gasteiger partial charge is 0.489 e. The lowest BCUT2D eigenvalue weighted by molar-refractivity contribution is 0.293. The highest BCUT2D eigenvalue weighted by Gasteiger charge is 2.18. The number of rotatable bonds is 4. The normalized spacial score (nSPS) is 11.0. The van der Waals surface area contributed by atoms with Gasteiger partial charge in [0.25, 0.3) is 0 Å². The second-order valence-electron chi connectivity index (χ2n) is 4.73. The van der Waals surface area contributed by atoms with Crippen LogP contribution in [0.25, 0.3) is 21.5 Å². The fraction of sp³-hybridized carbons (Fsp3) is 0.222. The average molecular weight is 345 g/mol. The summed E-state index contributed by atoms with van der Waals surface area (Å²) < 4.78 is 12.9. The third-order valence-corrected chi connectivity index (χ3v) is 4.15. The van der Waals surface area contributed by atoms with Crippen molar-refractivity contribution in [3.8, 4) is 11.5 Å². The lowest BCUT2D eigenvalue weighted by Gasteiger charge is -2.18. The maximum absolute atomic E-state index is 5.94. The Labute approximate surface area is 132 Å². The van der Waals surface area contributed by atoms with Crippen LogP contribution in [-0.2, 0) is 0 Å². The minimum atomic E-state index is 0.606. The van der Waals surface area contributed by atoms with Crippen molar-refractivity contribution < 1.29 is 9.47 Å². The minimum Gasteiger partial charge on any atom is -0.489 e. The van der Waals surface area contributed by atoms with Crippen LogP contribution in [0.4, 0.5) is 0 Å². The van der Waals surface area contributed by atoms with Crippen LogP contribution < -0.4 is 9.47 Å². The van der Waals surface area contributed by atoms with Crippen molar-refractivity contribution in [2.24, 2.45) is 0 Å². The van der Waals surface area contributed by atoms with E-state index in [0.29, 0.717) is 13.2 Å². The molecule has 0 bridgehead atoms. The summed E-state index contributed by atoms with van der Waals surface area (Å²) in [6.07, 6.45) is 0. The number of ether oxygens (including phenoxy) is 2. The van der Waals surface area contributed by atoms with Crippen molar-refractivity contribution in [2.45, 2.75) is 13.8 Å². The van der Waals surface area contributed by atoms with Gasteiger partial charge in [-0.2, -0.15) is 0 Å². The Hall–Kier alpha value is -1.74. The van der Waals surface area contributed by atoms with E-state index in [4.69, 9.17) is 9.47 Å². The molecule has 0 spiro atoms. The fourth-order valence-corrected chi connectivity index (χ4v) is 3.25. The molecule has 0 aliphatic rings. The number of fused-ring (bicyclic) bond motifs is 3. The summed E-state index contributed by atoms with van der Waals surface area (Å²) in [5.41, 5.74) is 0. The van der Waals surface area contributed by atoms with Crippen LogP contribution in [0.2, 0.25) is 0 Å². The van der Waals surface area contributed by atoms with Gasteiger partial charge in [-0.15, -0.1) is 0 Å². The average Bonchev–Trinajstić information content (AvgIpc) is 2.51. The van der Waals surface area contributed by atoms with Crippen LogP contribution in [-0.4, -0.2) is 13.2 Å². The Bertz CT molecular complexity index is 796. The molecule has 0 radical (unpaired) electrons. The van der Waals surface area contributed by atoms with Crippen molar-refractivity contribution in [3.05, 3.63) is 46.9 Å². The van der Waals surface area contributed by atoms with Crippen LogP contribution in [0, 0.1) is 0 Å². The molecule has 0 fully saturated rings. The molecule has 0 aromatic heterocycles. The quantitative estimate of drug-likeness (QED) is 0.577. The summed E-state index contributed by atoms with van der Waals surface area (Å²) >= 11 is 3.65. The highest BCUT2D eigenvalue weighted by molar-refractivity contribution is 9.10. The molecule has 2 nitrogen and oxygen atoms in total. The zero-order chi connectivity index (χ0) is 14.8. The van der Waals surface area contributed by atoms with Gasteiger partial charge in [-0.25, -0.2) is 0 Å². The monoisotopic (exact) mass is 344 g/mol. The van der Waals surface area contributed by atoms with Gasteiger partial charge < -0.3 is 9.47 Å². The van der Waals surface area contributed by atoms with E-state index in [2.05, 4.69) is 46.3 Å². The number of hydrogen-bond acceptors (Lipinski definition) is 2. The SMILES string of the molecule is CCOc1c(OCC)c2c(Br)cccc2c2ccccc12. The maximum atomic E-state index is 5.94. The van der Waals surface area contributed by atoms with Gasteiger partial charge in [0.2, 0.25) is 0 Å². The first-order valence-electron chi connectivity index (χ1n) is 7.16. The number of halogens is 1. The van der Waals surface area contributed by atoms with Gasteiger partial charge in [-0.05, 0) is 30.7 Å². The van der Waals surface area contributed by atoms with Gasteiger partial charge in [0, 0.05) is 15.2 Å². The highest BCUT2D eigenvalue weighted by Crippen LogP contribution is 2.46. The van der Waals surface area contributed by atoms with E-state index >= 15 is 0 Å². The molecule has 3 aromatic rings. The molecule has 0 saturated heterocycles. The van der Waals surface area contributed by atoms with Crippen LogP contribution in [0.5, 0.6) is 11.5 Å². The molecule has 0 aliphatic heterocycles. The van der Waals surface area contributed by atoms with E-state index < -0.39 is 0 Å². The van der Waals surface area contributed by atoms with Gasteiger partial charge in [-0.3, -0.25) is 0 Å². The smallest absolute Gasteiger partial charge is 0.170 e. The predicted molar refractivity (Wildman–Crippen MR) is 91.5 cm³/mol. The maximum Gasteiger partial charge on any atom is 0.170 e. The molecule has 0 unspecified atom stereocenters. The van der Waals surface area contributed by atoms with Gasteiger partial charge >= 0.3 is 0 Å².